The third-order valence-corrected chi connectivity index (χ3v) is 4.45. The summed E-state index contributed by atoms with van der Waals surface area (Å²) in [5, 5.41) is 2.96. The van der Waals surface area contributed by atoms with Gasteiger partial charge in [0.25, 0.3) is 0 Å². The van der Waals surface area contributed by atoms with Gasteiger partial charge in [0.1, 0.15) is 5.75 Å². The van der Waals surface area contributed by atoms with Gasteiger partial charge in [0, 0.05) is 43.1 Å². The van der Waals surface area contributed by atoms with Crippen molar-refractivity contribution in [3.8, 4) is 5.75 Å². The summed E-state index contributed by atoms with van der Waals surface area (Å²) < 4.78 is 5.64. The Labute approximate surface area is 130 Å². The molecule has 2 aliphatic heterocycles. The molecular weight excluding hydrogens is 280 g/mol. The van der Waals surface area contributed by atoms with E-state index >= 15 is 0 Å². The second kappa shape index (κ2) is 6.38. The van der Waals surface area contributed by atoms with Crippen molar-refractivity contribution in [2.24, 2.45) is 0 Å². The highest BCUT2D eigenvalue weighted by Crippen LogP contribution is 2.44. The summed E-state index contributed by atoms with van der Waals surface area (Å²) in [6.07, 6.45) is 4.09. The Morgan fingerprint density at radius 3 is 3.14 bits per heavy atom. The fourth-order valence-corrected chi connectivity index (χ4v) is 3.46. The molecule has 1 aromatic carbocycles. The third-order valence-electron chi connectivity index (χ3n) is 4.45. The van der Waals surface area contributed by atoms with Gasteiger partial charge in [-0.15, -0.1) is 0 Å². The highest BCUT2D eigenvalue weighted by Gasteiger charge is 2.33. The summed E-state index contributed by atoms with van der Waals surface area (Å²) >= 11 is 0. The molecule has 3 rings (SSSR count). The lowest BCUT2D eigenvalue weighted by Gasteiger charge is -2.13. The summed E-state index contributed by atoms with van der Waals surface area (Å²) in [4.78, 5) is 24.7. The van der Waals surface area contributed by atoms with Gasteiger partial charge in [-0.25, -0.2) is 0 Å². The second-order valence-corrected chi connectivity index (χ2v) is 5.92. The van der Waals surface area contributed by atoms with Crippen LogP contribution in [0.15, 0.2) is 12.1 Å². The van der Waals surface area contributed by atoms with Gasteiger partial charge in [-0.1, -0.05) is 6.92 Å². The number of nitrogens with zero attached hydrogens (tertiary/aromatic N) is 1. The average Bonchev–Trinajstić information content (AvgIpc) is 3.11. The number of ether oxygens (including phenoxy) is 1. The second-order valence-electron chi connectivity index (χ2n) is 5.92. The zero-order valence-electron chi connectivity index (χ0n) is 12.9. The zero-order valence-corrected chi connectivity index (χ0v) is 12.9. The first-order valence-electron chi connectivity index (χ1n) is 8.01. The maximum Gasteiger partial charge on any atom is 0.219 e. The molecule has 1 N–H and O–H groups in total. The fraction of sp³-hybridized carbons (Fsp3) is 0.529. The zero-order chi connectivity index (χ0) is 15.5. The average molecular weight is 302 g/mol. The van der Waals surface area contributed by atoms with E-state index in [0.29, 0.717) is 26.1 Å². The minimum atomic E-state index is 0.106. The summed E-state index contributed by atoms with van der Waals surface area (Å²) in [7, 11) is 0. The van der Waals surface area contributed by atoms with Crippen LogP contribution in [0.4, 0.5) is 5.69 Å². The van der Waals surface area contributed by atoms with Gasteiger partial charge >= 0.3 is 0 Å². The molecule has 0 saturated carbocycles. The van der Waals surface area contributed by atoms with E-state index in [2.05, 4.69) is 5.32 Å². The molecule has 5 heteroatoms. The number of fused-ring (bicyclic) bond motifs is 3. The Morgan fingerprint density at radius 2 is 2.36 bits per heavy atom. The number of carbonyl (C=O) groups is 2. The fourth-order valence-electron chi connectivity index (χ4n) is 3.46. The molecule has 2 heterocycles. The van der Waals surface area contributed by atoms with Crippen molar-refractivity contribution in [2.75, 3.05) is 24.6 Å². The van der Waals surface area contributed by atoms with Gasteiger partial charge < -0.3 is 15.0 Å². The Balaban J connectivity index is 1.74. The van der Waals surface area contributed by atoms with Gasteiger partial charge in [0.2, 0.25) is 12.3 Å². The Hall–Kier alpha value is -2.04. The number of amides is 2. The predicted octanol–water partition coefficient (Wildman–Crippen LogP) is 1.99. The van der Waals surface area contributed by atoms with Gasteiger partial charge in [-0.2, -0.15) is 0 Å². The number of anilines is 1. The molecule has 22 heavy (non-hydrogen) atoms. The molecule has 1 unspecified atom stereocenters. The van der Waals surface area contributed by atoms with Crippen LogP contribution in [0.5, 0.6) is 5.75 Å². The van der Waals surface area contributed by atoms with E-state index in [4.69, 9.17) is 4.74 Å². The Bertz CT molecular complexity index is 586. The molecular formula is C17H22N2O3. The molecule has 1 atom stereocenters. The van der Waals surface area contributed by atoms with Crippen LogP contribution in [0.2, 0.25) is 0 Å². The first-order valence-corrected chi connectivity index (χ1v) is 8.01. The van der Waals surface area contributed by atoms with E-state index in [9.17, 15) is 9.59 Å². The molecule has 1 aromatic rings. The monoisotopic (exact) mass is 302 g/mol. The molecule has 118 valence electrons. The van der Waals surface area contributed by atoms with Crippen LogP contribution in [0.1, 0.15) is 43.2 Å². The summed E-state index contributed by atoms with van der Waals surface area (Å²) in [5.74, 6) is 1.33. The van der Waals surface area contributed by atoms with Crippen LogP contribution in [0.3, 0.4) is 0 Å². The molecule has 0 radical (unpaired) electrons. The van der Waals surface area contributed by atoms with E-state index in [-0.39, 0.29) is 11.8 Å². The van der Waals surface area contributed by atoms with E-state index < -0.39 is 0 Å². The molecule has 0 aliphatic carbocycles. The minimum absolute atomic E-state index is 0.106. The van der Waals surface area contributed by atoms with Crippen molar-refractivity contribution in [2.45, 2.75) is 38.5 Å². The van der Waals surface area contributed by atoms with Gasteiger partial charge in [-0.3, -0.25) is 9.59 Å². The lowest BCUT2D eigenvalue weighted by atomic mass is 9.92. The number of hydrogen-bond acceptors (Lipinski definition) is 3. The number of hydrogen-bond donors (Lipinski definition) is 1. The number of carbonyl (C=O) groups excluding carboxylic acids is 2. The lowest BCUT2D eigenvalue weighted by Crippen LogP contribution is -2.26. The molecule has 2 aliphatic rings. The van der Waals surface area contributed by atoms with Crippen LogP contribution in [0.25, 0.3) is 0 Å². The quantitative estimate of drug-likeness (QED) is 0.818. The third kappa shape index (κ3) is 2.67. The van der Waals surface area contributed by atoms with Crippen molar-refractivity contribution in [3.05, 3.63) is 23.3 Å². The normalized spacial score (nSPS) is 18.6. The van der Waals surface area contributed by atoms with Gasteiger partial charge in [0.15, 0.2) is 0 Å². The number of benzene rings is 1. The Kier molecular flexibility index (Phi) is 4.32. The van der Waals surface area contributed by atoms with E-state index in [1.54, 1.807) is 4.90 Å². The highest BCUT2D eigenvalue weighted by molar-refractivity contribution is 5.82. The summed E-state index contributed by atoms with van der Waals surface area (Å²) in [6, 6.07) is 3.94. The topological polar surface area (TPSA) is 58.6 Å². The minimum Gasteiger partial charge on any atom is -0.493 e. The largest absolute Gasteiger partial charge is 0.493 e. The SMILES string of the molecule is CCCC(=O)NCCC1CN(C=O)c2ccc3c(c21)CCO3. The first-order chi connectivity index (χ1) is 10.7. The lowest BCUT2D eigenvalue weighted by molar-refractivity contribution is -0.121. The molecule has 0 spiro atoms. The van der Waals surface area contributed by atoms with Crippen molar-refractivity contribution in [1.82, 2.24) is 5.32 Å². The molecule has 0 saturated heterocycles. The van der Waals surface area contributed by atoms with Crippen LogP contribution in [-0.2, 0) is 16.0 Å². The van der Waals surface area contributed by atoms with E-state index in [1.807, 2.05) is 19.1 Å². The van der Waals surface area contributed by atoms with Crippen LogP contribution in [0, 0.1) is 0 Å². The number of rotatable bonds is 6. The summed E-state index contributed by atoms with van der Waals surface area (Å²) in [6.45, 7) is 4.06. The van der Waals surface area contributed by atoms with Crippen LogP contribution >= 0.6 is 0 Å². The molecule has 2 amide bonds. The van der Waals surface area contributed by atoms with Gasteiger partial charge in [-0.05, 0) is 30.5 Å². The number of nitrogens with one attached hydrogen (secondary N) is 1. The van der Waals surface area contributed by atoms with Crippen LogP contribution in [-0.4, -0.2) is 32.0 Å². The van der Waals surface area contributed by atoms with Crippen molar-refractivity contribution in [3.63, 3.8) is 0 Å². The highest BCUT2D eigenvalue weighted by atomic mass is 16.5. The van der Waals surface area contributed by atoms with Crippen LogP contribution < -0.4 is 15.0 Å². The maximum atomic E-state index is 11.6. The standard InChI is InChI=1S/C17H22N2O3/c1-2-3-16(21)18-8-6-12-10-19(11-20)14-4-5-15-13(17(12)14)7-9-22-15/h4-5,11-12H,2-3,6-10H2,1H3,(H,18,21). The van der Waals surface area contributed by atoms with Gasteiger partial charge in [0.05, 0.1) is 6.61 Å². The molecule has 0 bridgehead atoms. The molecule has 0 fully saturated rings. The Morgan fingerprint density at radius 1 is 1.50 bits per heavy atom. The van der Waals surface area contributed by atoms with E-state index in [0.717, 1.165) is 37.1 Å². The van der Waals surface area contributed by atoms with E-state index in [1.165, 1.54) is 11.1 Å². The van der Waals surface area contributed by atoms with Crippen molar-refractivity contribution < 1.29 is 14.3 Å². The maximum absolute atomic E-state index is 11.6. The summed E-state index contributed by atoms with van der Waals surface area (Å²) in [5.41, 5.74) is 3.49. The van der Waals surface area contributed by atoms with Crippen molar-refractivity contribution in [1.29, 1.82) is 0 Å². The molecule has 0 aromatic heterocycles. The predicted molar refractivity (Wildman–Crippen MR) is 84.3 cm³/mol. The smallest absolute Gasteiger partial charge is 0.219 e. The first kappa shape index (κ1) is 14.9. The molecule has 5 nitrogen and oxygen atoms in total. The van der Waals surface area contributed by atoms with Crippen molar-refractivity contribution >= 4 is 18.0 Å².